The van der Waals surface area contributed by atoms with Gasteiger partial charge in [0, 0.05) is 75.1 Å². The Balaban J connectivity index is 1.27. The van der Waals surface area contributed by atoms with Crippen LogP contribution < -0.4 is 10.7 Å². The molecule has 15 heteroatoms. The third-order valence-corrected chi connectivity index (χ3v) is 14.6. The summed E-state index contributed by atoms with van der Waals surface area (Å²) >= 11 is 0. The minimum absolute atomic E-state index is 0.0312. The largest absolute Gasteiger partial charge is 0.508 e. The molecule has 2 saturated heterocycles. The number of carbonyl (C=O) groups is 5. The van der Waals surface area contributed by atoms with Crippen molar-refractivity contribution in [2.24, 2.45) is 28.2 Å². The van der Waals surface area contributed by atoms with E-state index in [0.717, 1.165) is 33.3 Å². The number of nitrogens with zero attached hydrogens (tertiary/aromatic N) is 5. The van der Waals surface area contributed by atoms with Gasteiger partial charge in [-0.05, 0) is 117 Å². The van der Waals surface area contributed by atoms with E-state index < -0.39 is 46.6 Å². The van der Waals surface area contributed by atoms with E-state index in [0.29, 0.717) is 50.9 Å². The first kappa shape index (κ1) is 50.1. The van der Waals surface area contributed by atoms with E-state index in [1.807, 2.05) is 39.1 Å². The van der Waals surface area contributed by atoms with Gasteiger partial charge < -0.3 is 34.3 Å². The van der Waals surface area contributed by atoms with Crippen molar-refractivity contribution in [1.82, 2.24) is 30.1 Å². The maximum Gasteiger partial charge on any atom is 0.324 e. The predicted octanol–water partition coefficient (Wildman–Crippen LogP) is 5.75. The number of amides is 4. The van der Waals surface area contributed by atoms with Crippen LogP contribution in [0.25, 0.3) is 22.0 Å². The number of benzene rings is 2. The zero-order valence-electron chi connectivity index (χ0n) is 41.3. The molecule has 6 bridgehead atoms. The van der Waals surface area contributed by atoms with Gasteiger partial charge in [-0.25, -0.2) is 5.43 Å². The molecule has 366 valence electrons. The van der Waals surface area contributed by atoms with Crippen LogP contribution in [0.15, 0.2) is 66.2 Å². The number of aromatic nitrogens is 1. The summed E-state index contributed by atoms with van der Waals surface area (Å²) < 4.78 is 14.5. The van der Waals surface area contributed by atoms with Crippen LogP contribution in [0.1, 0.15) is 84.5 Å². The van der Waals surface area contributed by atoms with Gasteiger partial charge >= 0.3 is 5.97 Å². The zero-order chi connectivity index (χ0) is 49.2. The number of carbonyl (C=O) groups excluding carboxylic acids is 5. The molecule has 0 saturated carbocycles. The second-order valence-corrected chi connectivity index (χ2v) is 20.5. The van der Waals surface area contributed by atoms with Gasteiger partial charge in [0.05, 0.1) is 36.0 Å². The Morgan fingerprint density at radius 2 is 1.85 bits per heavy atom. The number of fused-ring (bicyclic) bond motifs is 6. The lowest BCUT2D eigenvalue weighted by atomic mass is 9.72. The summed E-state index contributed by atoms with van der Waals surface area (Å²) in [4.78, 5) is 77.0. The van der Waals surface area contributed by atoms with Gasteiger partial charge in [0.25, 0.3) is 0 Å². The Bertz CT molecular complexity index is 2490. The zero-order valence-corrected chi connectivity index (χ0v) is 41.3. The number of hydrogen-bond acceptors (Lipinski definition) is 10. The van der Waals surface area contributed by atoms with Crippen LogP contribution in [-0.2, 0) is 58.2 Å². The molecular weight excluding hydrogens is 863 g/mol. The Labute approximate surface area is 400 Å². The molecule has 1 aromatic heterocycles. The maximum absolute atomic E-state index is 14.7. The van der Waals surface area contributed by atoms with Gasteiger partial charge in [-0.2, -0.15) is 0 Å². The molecule has 15 nitrogen and oxygen atoms in total. The number of aromatic hydroxyl groups is 1. The summed E-state index contributed by atoms with van der Waals surface area (Å²) in [5.41, 5.74) is 7.68. The Kier molecular flexibility index (Phi) is 15.0. The van der Waals surface area contributed by atoms with Crippen molar-refractivity contribution >= 4 is 46.7 Å². The number of aliphatic imine (C=N–C) groups is 1. The van der Waals surface area contributed by atoms with Crippen molar-refractivity contribution in [3.8, 4) is 16.9 Å². The minimum atomic E-state index is -0.855. The van der Waals surface area contributed by atoms with Gasteiger partial charge in [0.1, 0.15) is 17.8 Å². The number of aryl methyl sites for hydroxylation is 1. The second kappa shape index (κ2) is 20.4. The number of hydrazine groups is 1. The molecule has 2 unspecified atom stereocenters. The predicted molar refractivity (Wildman–Crippen MR) is 263 cm³/mol. The molecule has 0 spiro atoms. The van der Waals surface area contributed by atoms with Crippen molar-refractivity contribution in [3.63, 3.8) is 0 Å². The number of hydrogen-bond donors (Lipinski definition) is 3. The molecule has 2 aromatic carbocycles. The van der Waals surface area contributed by atoms with Gasteiger partial charge in [-0.15, -0.1) is 0 Å². The topological polar surface area (TPSA) is 175 Å². The van der Waals surface area contributed by atoms with Crippen LogP contribution in [0.4, 0.5) is 0 Å². The fourth-order valence-corrected chi connectivity index (χ4v) is 11.0. The summed E-state index contributed by atoms with van der Waals surface area (Å²) in [7, 11) is 3.32. The van der Waals surface area contributed by atoms with Crippen LogP contribution in [-0.4, -0.2) is 131 Å². The third-order valence-electron chi connectivity index (χ3n) is 14.6. The fraction of sp³-hybridized carbons (Fsp3) is 0.547. The number of phenols is 1. The summed E-state index contributed by atoms with van der Waals surface area (Å²) in [6.45, 7) is 19.7. The van der Waals surface area contributed by atoms with Crippen LogP contribution >= 0.6 is 0 Å². The van der Waals surface area contributed by atoms with E-state index in [4.69, 9.17) is 14.5 Å². The number of likely N-dealkylation sites (tertiary alicyclic amines) is 1. The lowest BCUT2D eigenvalue weighted by Gasteiger charge is -2.40. The quantitative estimate of drug-likeness (QED) is 0.160. The van der Waals surface area contributed by atoms with Crippen molar-refractivity contribution in [1.29, 1.82) is 0 Å². The van der Waals surface area contributed by atoms with Gasteiger partial charge in [0.2, 0.25) is 23.6 Å². The SMILES string of the molecule is C=CC(=O)N1CC[C@H](C(=O)N(C)[C@H](C(=O)NCC2Cc3cc(O)cc(c3)-c3ccc4c(c3)c(c([C@@]3(C)C=CC=NC3[C@H](C)OC)n4CC)CC(C)(C)COC(=O)[C@@H]3CCCN(N3)C2=O)C(C)C)C1. The minimum Gasteiger partial charge on any atom is -0.508 e. The lowest BCUT2D eigenvalue weighted by molar-refractivity contribution is -0.155. The molecule has 2 fully saturated rings. The number of phenolic OH excluding ortho intramolecular Hbond substituents is 1. The van der Waals surface area contributed by atoms with Gasteiger partial charge in [-0.1, -0.05) is 52.5 Å². The van der Waals surface area contributed by atoms with Crippen LogP contribution in [0.5, 0.6) is 5.75 Å². The van der Waals surface area contributed by atoms with E-state index in [9.17, 15) is 29.1 Å². The molecule has 3 aromatic rings. The molecule has 4 amide bonds. The summed E-state index contributed by atoms with van der Waals surface area (Å²) in [6, 6.07) is 9.87. The van der Waals surface area contributed by atoms with Crippen molar-refractivity contribution in [2.75, 3.05) is 46.9 Å². The number of ether oxygens (including phenoxy) is 2. The average molecular weight is 934 g/mol. The van der Waals surface area contributed by atoms with E-state index >= 15 is 0 Å². The number of methoxy groups -OCH3 is 1. The van der Waals surface area contributed by atoms with E-state index in [1.165, 1.54) is 16.0 Å². The number of likely N-dealkylation sites (N-methyl/N-ethyl adjacent to an activating group) is 1. The van der Waals surface area contributed by atoms with Crippen LogP contribution in [0.2, 0.25) is 0 Å². The van der Waals surface area contributed by atoms with Gasteiger partial charge in [-0.3, -0.25) is 34.0 Å². The normalized spacial score (nSPS) is 24.9. The van der Waals surface area contributed by atoms with E-state index in [2.05, 4.69) is 73.9 Å². The smallest absolute Gasteiger partial charge is 0.324 e. The van der Waals surface area contributed by atoms with Crippen LogP contribution in [0, 0.1) is 23.2 Å². The number of dihydropyridines is 1. The third kappa shape index (κ3) is 10.1. The first-order valence-electron chi connectivity index (χ1n) is 24.2. The number of esters is 1. The molecule has 0 radical (unpaired) electrons. The first-order valence-corrected chi connectivity index (χ1v) is 24.2. The van der Waals surface area contributed by atoms with Crippen molar-refractivity contribution in [2.45, 2.75) is 117 Å². The fourth-order valence-electron chi connectivity index (χ4n) is 11.0. The summed E-state index contributed by atoms with van der Waals surface area (Å²) in [5.74, 6) is -3.19. The Hall–Kier alpha value is -5.80. The number of cyclic esters (lactones) is 1. The molecule has 5 heterocycles. The second-order valence-electron chi connectivity index (χ2n) is 20.5. The number of allylic oxidation sites excluding steroid dienone is 1. The highest BCUT2D eigenvalue weighted by molar-refractivity contribution is 5.93. The van der Waals surface area contributed by atoms with Crippen LogP contribution in [0.3, 0.4) is 0 Å². The van der Waals surface area contributed by atoms with Crippen molar-refractivity contribution < 1.29 is 38.6 Å². The highest BCUT2D eigenvalue weighted by Crippen LogP contribution is 2.45. The first-order chi connectivity index (χ1) is 32.3. The standard InChI is InChI=1S/C53H71N7O8/c1-11-44(62)58-22-18-36(30-58)49(64)57(9)45(32(3)4)48(63)55-29-38-24-34-23-37(26-39(61)25-34)35-16-17-43-40(27-35)41(47(59(43)12-2)53(8)19-14-20-54-46(53)33(5)67-10)28-52(6,7)31-68-51(66)42-15-13-21-60(56-42)50(38)65/h11,14,16-17,19-20,23,25-27,32-33,36,38,42,45-46,56,61H,1,12-13,15,18,21-22,24,28-31H2,2-10H3,(H,55,63)/t33-,36-,38?,42-,45-,46?,53-/m0/s1. The average Bonchev–Trinajstić information content (AvgIpc) is 3.94. The molecule has 4 aliphatic rings. The monoisotopic (exact) mass is 934 g/mol. The maximum atomic E-state index is 14.7. The molecule has 3 N–H and O–H groups in total. The Morgan fingerprint density at radius 3 is 2.56 bits per heavy atom. The molecular formula is C53H71N7O8. The van der Waals surface area contributed by atoms with E-state index in [-0.39, 0.29) is 67.7 Å². The Morgan fingerprint density at radius 1 is 1.09 bits per heavy atom. The number of nitrogens with one attached hydrogen (secondary N) is 2. The molecule has 68 heavy (non-hydrogen) atoms. The van der Waals surface area contributed by atoms with Gasteiger partial charge in [0.15, 0.2) is 0 Å². The molecule has 7 atom stereocenters. The molecule has 0 aliphatic carbocycles. The highest BCUT2D eigenvalue weighted by atomic mass is 16.5. The molecule has 7 rings (SSSR count). The van der Waals surface area contributed by atoms with E-state index in [1.54, 1.807) is 31.2 Å². The summed E-state index contributed by atoms with van der Waals surface area (Å²) in [5, 5.41) is 16.9. The van der Waals surface area contributed by atoms with Crippen molar-refractivity contribution in [3.05, 3.63) is 78.0 Å². The highest BCUT2D eigenvalue weighted by Gasteiger charge is 2.44. The molecule has 4 aliphatic heterocycles. The number of rotatable bonds is 11. The lowest BCUT2D eigenvalue weighted by Crippen LogP contribution is -2.58. The summed E-state index contributed by atoms with van der Waals surface area (Å²) in [6.07, 6.45) is 9.33.